The molecule has 17 heavy (non-hydrogen) atoms. The van der Waals surface area contributed by atoms with Crippen molar-refractivity contribution in [1.82, 2.24) is 4.90 Å². The number of hydrogen-bond donors (Lipinski definition) is 0. The van der Waals surface area contributed by atoms with Gasteiger partial charge in [-0.3, -0.25) is 14.5 Å². The number of methoxy groups -OCH3 is 1. The molecule has 0 unspecified atom stereocenters. The van der Waals surface area contributed by atoms with Gasteiger partial charge in [-0.25, -0.2) is 0 Å². The van der Waals surface area contributed by atoms with Crippen LogP contribution < -0.4 is 0 Å². The summed E-state index contributed by atoms with van der Waals surface area (Å²) in [5, 5.41) is 0. The third kappa shape index (κ3) is 4.73. The highest BCUT2D eigenvalue weighted by atomic mass is 16.5. The SMILES string of the molecule is COC(=O)[C@H]1CCCN(CC(=O)OC(C)C)C1. The van der Waals surface area contributed by atoms with Crippen LogP contribution in [0.25, 0.3) is 0 Å². The van der Waals surface area contributed by atoms with E-state index in [1.165, 1.54) is 7.11 Å². The van der Waals surface area contributed by atoms with E-state index < -0.39 is 0 Å². The Bertz CT molecular complexity index is 278. The average Bonchev–Trinajstić information content (AvgIpc) is 2.27. The van der Waals surface area contributed by atoms with E-state index in [1.54, 1.807) is 0 Å². The summed E-state index contributed by atoms with van der Waals surface area (Å²) < 4.78 is 9.80. The van der Waals surface area contributed by atoms with E-state index >= 15 is 0 Å². The van der Waals surface area contributed by atoms with Crippen molar-refractivity contribution in [3.05, 3.63) is 0 Å². The van der Waals surface area contributed by atoms with Crippen LogP contribution in [0.1, 0.15) is 26.7 Å². The molecule has 1 fully saturated rings. The molecule has 0 bridgehead atoms. The van der Waals surface area contributed by atoms with Crippen molar-refractivity contribution in [2.24, 2.45) is 5.92 Å². The van der Waals surface area contributed by atoms with E-state index in [4.69, 9.17) is 9.47 Å². The highest BCUT2D eigenvalue weighted by Crippen LogP contribution is 2.17. The molecule has 0 aromatic rings. The molecule has 0 aliphatic carbocycles. The number of likely N-dealkylation sites (tertiary alicyclic amines) is 1. The monoisotopic (exact) mass is 243 g/mol. The van der Waals surface area contributed by atoms with E-state index in [0.29, 0.717) is 6.54 Å². The van der Waals surface area contributed by atoms with Gasteiger partial charge in [0.25, 0.3) is 0 Å². The smallest absolute Gasteiger partial charge is 0.320 e. The fourth-order valence-corrected chi connectivity index (χ4v) is 2.04. The van der Waals surface area contributed by atoms with Crippen LogP contribution in [-0.2, 0) is 19.1 Å². The molecule has 1 atom stereocenters. The number of piperidine rings is 1. The Hall–Kier alpha value is -1.10. The zero-order chi connectivity index (χ0) is 12.8. The van der Waals surface area contributed by atoms with Crippen molar-refractivity contribution in [3.8, 4) is 0 Å². The minimum absolute atomic E-state index is 0.0938. The number of nitrogens with zero attached hydrogens (tertiary/aromatic N) is 1. The van der Waals surface area contributed by atoms with Crippen molar-refractivity contribution in [1.29, 1.82) is 0 Å². The van der Waals surface area contributed by atoms with Gasteiger partial charge < -0.3 is 9.47 Å². The van der Waals surface area contributed by atoms with Crippen molar-refractivity contribution in [2.75, 3.05) is 26.7 Å². The van der Waals surface area contributed by atoms with Gasteiger partial charge in [-0.15, -0.1) is 0 Å². The highest BCUT2D eigenvalue weighted by Gasteiger charge is 2.27. The molecule has 0 amide bonds. The molecule has 1 aliphatic rings. The first-order valence-corrected chi connectivity index (χ1v) is 6.02. The van der Waals surface area contributed by atoms with Crippen molar-refractivity contribution >= 4 is 11.9 Å². The summed E-state index contributed by atoms with van der Waals surface area (Å²) in [6.45, 7) is 5.32. The quantitative estimate of drug-likeness (QED) is 0.684. The molecule has 0 saturated carbocycles. The maximum absolute atomic E-state index is 11.5. The van der Waals surface area contributed by atoms with Crippen LogP contribution in [0.5, 0.6) is 0 Å². The second kappa shape index (κ2) is 6.59. The standard InChI is InChI=1S/C12H21NO4/c1-9(2)17-11(14)8-13-6-4-5-10(7-13)12(15)16-3/h9-10H,4-8H2,1-3H3/t10-/m0/s1. The lowest BCUT2D eigenvalue weighted by molar-refractivity contribution is -0.152. The van der Waals surface area contributed by atoms with Gasteiger partial charge in [0.1, 0.15) is 0 Å². The average molecular weight is 243 g/mol. The first-order chi connectivity index (χ1) is 8.02. The van der Waals surface area contributed by atoms with Crippen LogP contribution in [0.4, 0.5) is 0 Å². The van der Waals surface area contributed by atoms with Gasteiger partial charge in [0.05, 0.1) is 25.7 Å². The Morgan fingerprint density at radius 3 is 2.71 bits per heavy atom. The molecule has 98 valence electrons. The van der Waals surface area contributed by atoms with E-state index in [0.717, 1.165) is 19.4 Å². The number of esters is 2. The van der Waals surface area contributed by atoms with Gasteiger partial charge in [0, 0.05) is 6.54 Å². The second-order valence-electron chi connectivity index (χ2n) is 4.64. The molecule has 0 aromatic carbocycles. The lowest BCUT2D eigenvalue weighted by Gasteiger charge is -2.30. The predicted octanol–water partition coefficient (Wildman–Crippen LogP) is 0.823. The maximum atomic E-state index is 11.5. The molecule has 0 aromatic heterocycles. The third-order valence-electron chi connectivity index (χ3n) is 2.76. The zero-order valence-corrected chi connectivity index (χ0v) is 10.8. The van der Waals surface area contributed by atoms with E-state index in [1.807, 2.05) is 18.7 Å². The van der Waals surface area contributed by atoms with Crippen molar-refractivity contribution < 1.29 is 19.1 Å². The Morgan fingerprint density at radius 1 is 1.41 bits per heavy atom. The topological polar surface area (TPSA) is 55.8 Å². The molecule has 0 spiro atoms. The Morgan fingerprint density at radius 2 is 2.12 bits per heavy atom. The number of hydrogen-bond acceptors (Lipinski definition) is 5. The lowest BCUT2D eigenvalue weighted by atomic mass is 9.98. The zero-order valence-electron chi connectivity index (χ0n) is 10.8. The molecular weight excluding hydrogens is 222 g/mol. The molecule has 5 nitrogen and oxygen atoms in total. The fourth-order valence-electron chi connectivity index (χ4n) is 2.04. The molecule has 0 radical (unpaired) electrons. The molecule has 5 heteroatoms. The molecule has 0 N–H and O–H groups in total. The maximum Gasteiger partial charge on any atom is 0.320 e. The number of rotatable bonds is 4. The van der Waals surface area contributed by atoms with Crippen LogP contribution >= 0.6 is 0 Å². The van der Waals surface area contributed by atoms with Crippen molar-refractivity contribution in [3.63, 3.8) is 0 Å². The Balaban J connectivity index is 2.39. The first kappa shape index (κ1) is 14.0. The molecular formula is C12H21NO4. The van der Waals surface area contributed by atoms with Crippen molar-refractivity contribution in [2.45, 2.75) is 32.8 Å². The van der Waals surface area contributed by atoms with Gasteiger partial charge in [-0.1, -0.05) is 0 Å². The van der Waals surface area contributed by atoms with Crippen LogP contribution in [-0.4, -0.2) is 49.7 Å². The molecule has 1 heterocycles. The van der Waals surface area contributed by atoms with Crippen LogP contribution in [0.15, 0.2) is 0 Å². The Kier molecular flexibility index (Phi) is 5.41. The lowest BCUT2D eigenvalue weighted by Crippen LogP contribution is -2.42. The van der Waals surface area contributed by atoms with Crippen LogP contribution in [0.3, 0.4) is 0 Å². The summed E-state index contributed by atoms with van der Waals surface area (Å²) in [7, 11) is 1.40. The number of ether oxygens (including phenoxy) is 2. The third-order valence-corrected chi connectivity index (χ3v) is 2.76. The summed E-state index contributed by atoms with van der Waals surface area (Å²) >= 11 is 0. The van der Waals surface area contributed by atoms with Gasteiger partial charge in [-0.05, 0) is 33.2 Å². The first-order valence-electron chi connectivity index (χ1n) is 6.02. The van der Waals surface area contributed by atoms with Crippen LogP contribution in [0, 0.1) is 5.92 Å². The summed E-state index contributed by atoms with van der Waals surface area (Å²) in [5.74, 6) is -0.530. The summed E-state index contributed by atoms with van der Waals surface area (Å²) in [6.07, 6.45) is 1.65. The van der Waals surface area contributed by atoms with Gasteiger partial charge in [0.15, 0.2) is 0 Å². The number of carbonyl (C=O) groups is 2. The normalized spacial score (nSPS) is 21.3. The highest BCUT2D eigenvalue weighted by molar-refractivity contribution is 5.73. The van der Waals surface area contributed by atoms with Crippen LogP contribution in [0.2, 0.25) is 0 Å². The minimum Gasteiger partial charge on any atom is -0.469 e. The summed E-state index contributed by atoms with van der Waals surface area (Å²) in [5.41, 5.74) is 0. The second-order valence-corrected chi connectivity index (χ2v) is 4.64. The molecule has 1 rings (SSSR count). The van der Waals surface area contributed by atoms with Gasteiger partial charge in [0.2, 0.25) is 0 Å². The predicted molar refractivity (Wildman–Crippen MR) is 62.4 cm³/mol. The largest absolute Gasteiger partial charge is 0.469 e. The van der Waals surface area contributed by atoms with E-state index in [2.05, 4.69) is 0 Å². The van der Waals surface area contributed by atoms with E-state index in [9.17, 15) is 9.59 Å². The summed E-state index contributed by atoms with van der Waals surface area (Å²) in [4.78, 5) is 24.9. The molecule has 1 saturated heterocycles. The fraction of sp³-hybridized carbons (Fsp3) is 0.833. The molecule has 1 aliphatic heterocycles. The summed E-state index contributed by atoms with van der Waals surface area (Å²) in [6, 6.07) is 0. The van der Waals surface area contributed by atoms with E-state index in [-0.39, 0.29) is 30.5 Å². The van der Waals surface area contributed by atoms with Gasteiger partial charge >= 0.3 is 11.9 Å². The minimum atomic E-state index is -0.231. The Labute approximate surface area is 102 Å². The number of carbonyl (C=O) groups excluding carboxylic acids is 2. The van der Waals surface area contributed by atoms with Gasteiger partial charge in [-0.2, -0.15) is 0 Å².